The number of ether oxygens (including phenoxy) is 1. The second kappa shape index (κ2) is 9.93. The minimum absolute atomic E-state index is 0.123. The largest absolute Gasteiger partial charge is 0.497 e. The van der Waals surface area contributed by atoms with Crippen molar-refractivity contribution in [2.75, 3.05) is 7.11 Å². The van der Waals surface area contributed by atoms with Crippen molar-refractivity contribution in [1.82, 2.24) is 10.3 Å². The number of methoxy groups -OCH3 is 1. The third kappa shape index (κ3) is 5.02. The van der Waals surface area contributed by atoms with Crippen LogP contribution in [0.1, 0.15) is 21.5 Å². The molecule has 6 nitrogen and oxygen atoms in total. The number of halogens is 1. The van der Waals surface area contributed by atoms with Crippen LogP contribution in [-0.4, -0.2) is 35.1 Å². The number of fused-ring (bicyclic) bond motifs is 1. The molecule has 0 fully saturated rings. The molecule has 0 bridgehead atoms. The van der Waals surface area contributed by atoms with Crippen molar-refractivity contribution in [1.29, 1.82) is 0 Å². The Bertz CT molecular complexity index is 1370. The molecule has 1 aromatic heterocycles. The van der Waals surface area contributed by atoms with Crippen LogP contribution in [0.25, 0.3) is 22.2 Å². The fourth-order valence-electron chi connectivity index (χ4n) is 3.83. The van der Waals surface area contributed by atoms with E-state index in [4.69, 9.17) is 21.3 Å². The van der Waals surface area contributed by atoms with Crippen LogP contribution in [-0.2, 0) is 11.2 Å². The van der Waals surface area contributed by atoms with E-state index in [-0.39, 0.29) is 17.0 Å². The lowest BCUT2D eigenvalue weighted by atomic mass is 10.0. The number of carbonyl (C=O) groups is 2. The summed E-state index contributed by atoms with van der Waals surface area (Å²) in [7, 11) is 1.62. The predicted octanol–water partition coefficient (Wildman–Crippen LogP) is 5.30. The summed E-state index contributed by atoms with van der Waals surface area (Å²) in [5.41, 5.74) is 4.26. The van der Waals surface area contributed by atoms with Crippen molar-refractivity contribution in [2.45, 2.75) is 19.4 Å². The third-order valence-electron chi connectivity index (χ3n) is 5.61. The zero-order valence-corrected chi connectivity index (χ0v) is 19.5. The molecule has 1 amide bonds. The molecule has 2 N–H and O–H groups in total. The number of nitrogens with one attached hydrogen (secondary N) is 1. The number of aryl methyl sites for hydroxylation is 1. The highest BCUT2D eigenvalue weighted by Crippen LogP contribution is 2.25. The lowest BCUT2D eigenvalue weighted by Gasteiger charge is -2.16. The van der Waals surface area contributed by atoms with Crippen molar-refractivity contribution in [2.24, 2.45) is 0 Å². The van der Waals surface area contributed by atoms with Crippen LogP contribution in [0.4, 0.5) is 0 Å². The minimum atomic E-state index is -1.12. The van der Waals surface area contributed by atoms with Gasteiger partial charge in [0, 0.05) is 17.4 Å². The van der Waals surface area contributed by atoms with Crippen LogP contribution in [0.15, 0.2) is 72.8 Å². The highest BCUT2D eigenvalue weighted by Gasteiger charge is 2.23. The molecule has 172 valence electrons. The third-order valence-corrected chi connectivity index (χ3v) is 5.93. The van der Waals surface area contributed by atoms with Crippen molar-refractivity contribution < 1.29 is 19.4 Å². The molecule has 3 aromatic carbocycles. The Hall–Kier alpha value is -3.90. The molecule has 0 radical (unpaired) electrons. The molecule has 0 spiro atoms. The average Bonchev–Trinajstić information content (AvgIpc) is 2.83. The van der Waals surface area contributed by atoms with E-state index in [1.54, 1.807) is 32.2 Å². The second-order valence-corrected chi connectivity index (χ2v) is 8.36. The maximum absolute atomic E-state index is 12.7. The molecule has 0 saturated carbocycles. The molecule has 7 heteroatoms. The number of aromatic nitrogens is 1. The number of rotatable bonds is 7. The minimum Gasteiger partial charge on any atom is -0.497 e. The number of aliphatic carboxylic acids is 1. The van der Waals surface area contributed by atoms with Gasteiger partial charge in [0.2, 0.25) is 0 Å². The fraction of sp³-hybridized carbons (Fsp3) is 0.148. The topological polar surface area (TPSA) is 88.5 Å². The lowest BCUT2D eigenvalue weighted by Crippen LogP contribution is -2.42. The van der Waals surface area contributed by atoms with E-state index in [2.05, 4.69) is 5.32 Å². The van der Waals surface area contributed by atoms with Gasteiger partial charge in [0.1, 0.15) is 11.8 Å². The molecular formula is C27H23ClN2O4. The number of amides is 1. The number of hydrogen-bond donors (Lipinski definition) is 2. The standard InChI is InChI=1S/C27H23ClN2O4/c1-16-5-3-8-21(28)25(16)26(31)30-24(27(32)33)14-17-9-11-22-19(13-17)10-12-23(29-22)18-6-4-7-20(15-18)34-2/h3-13,15,24H,14H2,1-2H3,(H,30,31)(H,32,33). The first-order valence-electron chi connectivity index (χ1n) is 10.7. The second-order valence-electron chi connectivity index (χ2n) is 7.96. The van der Waals surface area contributed by atoms with E-state index in [1.165, 1.54) is 0 Å². The number of carboxylic acids is 1. The molecule has 0 aliphatic rings. The smallest absolute Gasteiger partial charge is 0.326 e. The van der Waals surface area contributed by atoms with Crippen LogP contribution >= 0.6 is 11.6 Å². The van der Waals surface area contributed by atoms with Crippen LogP contribution in [0.2, 0.25) is 5.02 Å². The van der Waals surface area contributed by atoms with Gasteiger partial charge in [-0.3, -0.25) is 4.79 Å². The summed E-state index contributed by atoms with van der Waals surface area (Å²) in [4.78, 5) is 29.4. The van der Waals surface area contributed by atoms with Gasteiger partial charge < -0.3 is 15.2 Å². The maximum atomic E-state index is 12.7. The summed E-state index contributed by atoms with van der Waals surface area (Å²) in [5.74, 6) is -0.881. The number of hydrogen-bond acceptors (Lipinski definition) is 4. The van der Waals surface area contributed by atoms with Crippen LogP contribution < -0.4 is 10.1 Å². The highest BCUT2D eigenvalue weighted by molar-refractivity contribution is 6.34. The summed E-state index contributed by atoms with van der Waals surface area (Å²) >= 11 is 6.16. The van der Waals surface area contributed by atoms with Gasteiger partial charge in [0.15, 0.2) is 0 Å². The number of benzene rings is 3. The molecule has 1 atom stereocenters. The van der Waals surface area contributed by atoms with Crippen LogP contribution in [0.3, 0.4) is 0 Å². The van der Waals surface area contributed by atoms with Gasteiger partial charge in [-0.25, -0.2) is 9.78 Å². The monoisotopic (exact) mass is 474 g/mol. The van der Waals surface area contributed by atoms with Gasteiger partial charge >= 0.3 is 5.97 Å². The van der Waals surface area contributed by atoms with E-state index in [9.17, 15) is 14.7 Å². The molecule has 4 aromatic rings. The summed E-state index contributed by atoms with van der Waals surface area (Å²) in [6.45, 7) is 1.76. The van der Waals surface area contributed by atoms with Gasteiger partial charge in [0.05, 0.1) is 28.9 Å². The Kier molecular flexibility index (Phi) is 6.80. The average molecular weight is 475 g/mol. The van der Waals surface area contributed by atoms with Gasteiger partial charge in [-0.05, 0) is 54.4 Å². The zero-order valence-electron chi connectivity index (χ0n) is 18.7. The number of carboxylic acid groups (broad SMARTS) is 1. The number of nitrogens with zero attached hydrogens (tertiary/aromatic N) is 1. The summed E-state index contributed by atoms with van der Waals surface area (Å²) in [6, 6.07) is 21.1. The van der Waals surface area contributed by atoms with Crippen molar-refractivity contribution in [3.63, 3.8) is 0 Å². The molecule has 0 aliphatic carbocycles. The maximum Gasteiger partial charge on any atom is 0.326 e. The Labute approximate surface area is 202 Å². The predicted molar refractivity (Wildman–Crippen MR) is 133 cm³/mol. The van der Waals surface area contributed by atoms with E-state index in [1.807, 2.05) is 54.6 Å². The van der Waals surface area contributed by atoms with E-state index >= 15 is 0 Å². The summed E-state index contributed by atoms with van der Waals surface area (Å²) in [5, 5.41) is 13.5. The number of pyridine rings is 1. The first-order chi connectivity index (χ1) is 16.4. The molecule has 0 aliphatic heterocycles. The molecule has 1 unspecified atom stereocenters. The fourth-order valence-corrected chi connectivity index (χ4v) is 4.14. The first-order valence-corrected chi connectivity index (χ1v) is 11.1. The van der Waals surface area contributed by atoms with Gasteiger partial charge in [-0.1, -0.05) is 48.0 Å². The van der Waals surface area contributed by atoms with Gasteiger partial charge in [-0.15, -0.1) is 0 Å². The Balaban J connectivity index is 1.56. The molecule has 0 saturated heterocycles. The number of carbonyl (C=O) groups excluding carboxylic acids is 1. The van der Waals surface area contributed by atoms with E-state index in [0.29, 0.717) is 5.56 Å². The molecular weight excluding hydrogens is 452 g/mol. The SMILES string of the molecule is COc1cccc(-c2ccc3cc(CC(NC(=O)c4c(C)cccc4Cl)C(=O)O)ccc3n2)c1. The lowest BCUT2D eigenvalue weighted by molar-refractivity contribution is -0.139. The molecule has 4 rings (SSSR count). The molecule has 34 heavy (non-hydrogen) atoms. The van der Waals surface area contributed by atoms with Gasteiger partial charge in [0.25, 0.3) is 5.91 Å². The summed E-state index contributed by atoms with van der Waals surface area (Å²) < 4.78 is 5.29. The van der Waals surface area contributed by atoms with Crippen molar-refractivity contribution >= 4 is 34.4 Å². The molecule has 1 heterocycles. The Morgan fingerprint density at radius 3 is 2.59 bits per heavy atom. The van der Waals surface area contributed by atoms with Crippen molar-refractivity contribution in [3.05, 3.63) is 94.5 Å². The zero-order chi connectivity index (χ0) is 24.2. The van der Waals surface area contributed by atoms with Crippen LogP contribution in [0.5, 0.6) is 5.75 Å². The Morgan fingerprint density at radius 1 is 1.06 bits per heavy atom. The van der Waals surface area contributed by atoms with Crippen molar-refractivity contribution in [3.8, 4) is 17.0 Å². The van der Waals surface area contributed by atoms with Crippen LogP contribution in [0, 0.1) is 6.92 Å². The Morgan fingerprint density at radius 2 is 1.85 bits per heavy atom. The van der Waals surface area contributed by atoms with Gasteiger partial charge in [-0.2, -0.15) is 0 Å². The van der Waals surface area contributed by atoms with E-state index < -0.39 is 17.9 Å². The normalized spacial score (nSPS) is 11.7. The quantitative estimate of drug-likeness (QED) is 0.379. The van der Waals surface area contributed by atoms with E-state index in [0.717, 1.165) is 33.5 Å². The highest BCUT2D eigenvalue weighted by atomic mass is 35.5. The first kappa shape index (κ1) is 23.3. The summed E-state index contributed by atoms with van der Waals surface area (Å²) in [6.07, 6.45) is 0.123.